The summed E-state index contributed by atoms with van der Waals surface area (Å²) in [5, 5.41) is 14.0. The van der Waals surface area contributed by atoms with E-state index in [-0.39, 0.29) is 18.3 Å². The number of rotatable bonds is 5. The van der Waals surface area contributed by atoms with Crippen LogP contribution in [-0.4, -0.2) is 26.5 Å². The van der Waals surface area contributed by atoms with Gasteiger partial charge in [-0.25, -0.2) is 14.1 Å². The normalized spacial score (nSPS) is 11.6. The third kappa shape index (κ3) is 3.51. The van der Waals surface area contributed by atoms with Gasteiger partial charge in [0.05, 0.1) is 18.0 Å². The molecule has 0 spiro atoms. The van der Waals surface area contributed by atoms with Crippen LogP contribution in [0.1, 0.15) is 31.0 Å². The summed E-state index contributed by atoms with van der Waals surface area (Å²) in [7, 11) is 0. The second-order valence-corrected chi connectivity index (χ2v) is 5.99. The number of hydrogen-bond acceptors (Lipinski definition) is 3. The Morgan fingerprint density at radius 2 is 1.92 bits per heavy atom. The molecule has 0 aliphatic carbocycles. The van der Waals surface area contributed by atoms with Crippen LogP contribution in [0, 0.1) is 5.82 Å². The van der Waals surface area contributed by atoms with Gasteiger partial charge in [0, 0.05) is 17.3 Å². The zero-order valence-corrected chi connectivity index (χ0v) is 14.2. The van der Waals surface area contributed by atoms with Gasteiger partial charge < -0.3 is 5.11 Å². The van der Waals surface area contributed by atoms with Gasteiger partial charge in [-0.05, 0) is 42.3 Å². The average molecular weight is 337 g/mol. The molecule has 3 rings (SSSR count). The lowest BCUT2D eigenvalue weighted by Crippen LogP contribution is -2.02. The van der Waals surface area contributed by atoms with E-state index in [1.165, 1.54) is 12.1 Å². The second kappa shape index (κ2) is 7.40. The van der Waals surface area contributed by atoms with Crippen molar-refractivity contribution in [1.29, 1.82) is 0 Å². The van der Waals surface area contributed by atoms with E-state index in [4.69, 9.17) is 5.10 Å². The number of benzene rings is 1. The van der Waals surface area contributed by atoms with Crippen molar-refractivity contribution in [2.45, 2.75) is 19.8 Å². The Balaban J connectivity index is 2.30. The first-order chi connectivity index (χ1) is 12.1. The van der Waals surface area contributed by atoms with Crippen LogP contribution in [0.3, 0.4) is 0 Å². The molecule has 4 nitrogen and oxygen atoms in total. The van der Waals surface area contributed by atoms with Crippen molar-refractivity contribution in [3.63, 3.8) is 0 Å². The van der Waals surface area contributed by atoms with E-state index in [2.05, 4.69) is 18.8 Å². The smallest absolute Gasteiger partial charge is 0.154 e. The first-order valence-electron chi connectivity index (χ1n) is 8.19. The second-order valence-electron chi connectivity index (χ2n) is 5.99. The third-order valence-electron chi connectivity index (χ3n) is 3.87. The average Bonchev–Trinajstić information content (AvgIpc) is 3.01. The van der Waals surface area contributed by atoms with Crippen LogP contribution in [0.5, 0.6) is 0 Å². The third-order valence-corrected chi connectivity index (χ3v) is 3.87. The molecule has 0 saturated carbocycles. The highest BCUT2D eigenvalue weighted by Gasteiger charge is 2.21. The number of aromatic nitrogens is 3. The zero-order chi connectivity index (χ0) is 17.8. The van der Waals surface area contributed by atoms with Crippen LogP contribution in [0.25, 0.3) is 23.2 Å². The van der Waals surface area contributed by atoms with Gasteiger partial charge in [-0.1, -0.05) is 32.1 Å². The molecule has 25 heavy (non-hydrogen) atoms. The highest BCUT2D eigenvalue weighted by Crippen LogP contribution is 2.33. The Labute approximate surface area is 146 Å². The Bertz CT molecular complexity index is 868. The molecule has 1 N–H and O–H groups in total. The quantitative estimate of drug-likeness (QED) is 0.759. The molecular weight excluding hydrogens is 317 g/mol. The maximum atomic E-state index is 13.4. The van der Waals surface area contributed by atoms with Gasteiger partial charge in [0.25, 0.3) is 0 Å². The summed E-state index contributed by atoms with van der Waals surface area (Å²) in [5.41, 5.74) is 3.46. The molecule has 0 amide bonds. The van der Waals surface area contributed by atoms with Crippen molar-refractivity contribution >= 4 is 6.08 Å². The summed E-state index contributed by atoms with van der Waals surface area (Å²) >= 11 is 0. The van der Waals surface area contributed by atoms with Crippen LogP contribution >= 0.6 is 0 Å². The standard InChI is InChI=1S/C20H20FN3O/c1-14(2)19-17(6-5-13-25)20(15-8-10-16(21)11-9-15)24(23-19)18-7-3-4-12-22-18/h3-12,14,25H,13H2,1-2H3. The van der Waals surface area contributed by atoms with Gasteiger partial charge in [0.1, 0.15) is 5.82 Å². The van der Waals surface area contributed by atoms with Crippen LogP contribution < -0.4 is 0 Å². The first kappa shape index (κ1) is 17.0. The molecule has 1 aromatic carbocycles. The number of nitrogens with zero attached hydrogens (tertiary/aromatic N) is 3. The number of halogens is 1. The Morgan fingerprint density at radius 3 is 2.52 bits per heavy atom. The van der Waals surface area contributed by atoms with Gasteiger partial charge in [0.15, 0.2) is 5.82 Å². The molecule has 128 valence electrons. The molecule has 0 saturated heterocycles. The van der Waals surface area contributed by atoms with Crippen LogP contribution in [0.15, 0.2) is 54.7 Å². The molecule has 5 heteroatoms. The SMILES string of the molecule is CC(C)c1nn(-c2ccccn2)c(-c2ccc(F)cc2)c1C=CCO. The fourth-order valence-corrected chi connectivity index (χ4v) is 2.74. The minimum absolute atomic E-state index is 0.0604. The zero-order valence-electron chi connectivity index (χ0n) is 14.2. The van der Waals surface area contributed by atoms with Crippen molar-refractivity contribution in [2.75, 3.05) is 6.61 Å². The Kier molecular flexibility index (Phi) is 5.05. The summed E-state index contributed by atoms with van der Waals surface area (Å²) in [6.07, 6.45) is 5.25. The molecular formula is C20H20FN3O. The van der Waals surface area contributed by atoms with Gasteiger partial charge in [-0.3, -0.25) is 0 Å². The fraction of sp³-hybridized carbons (Fsp3) is 0.200. The van der Waals surface area contributed by atoms with Crippen LogP contribution in [-0.2, 0) is 0 Å². The van der Waals surface area contributed by atoms with E-state index < -0.39 is 0 Å². The molecule has 2 heterocycles. The molecule has 3 aromatic rings. The lowest BCUT2D eigenvalue weighted by molar-refractivity contribution is 0.343. The molecule has 0 bridgehead atoms. The Hall–Kier alpha value is -2.79. The van der Waals surface area contributed by atoms with E-state index in [9.17, 15) is 9.50 Å². The number of aliphatic hydroxyl groups excluding tert-OH is 1. The minimum atomic E-state index is -0.288. The van der Waals surface area contributed by atoms with Gasteiger partial charge >= 0.3 is 0 Å². The molecule has 0 fully saturated rings. The maximum absolute atomic E-state index is 13.4. The summed E-state index contributed by atoms with van der Waals surface area (Å²) in [6, 6.07) is 11.9. The molecule has 0 aliphatic rings. The van der Waals surface area contributed by atoms with Crippen molar-refractivity contribution in [3.05, 3.63) is 71.8 Å². The summed E-state index contributed by atoms with van der Waals surface area (Å²) in [6.45, 7) is 4.07. The van der Waals surface area contributed by atoms with Crippen molar-refractivity contribution in [3.8, 4) is 17.1 Å². The van der Waals surface area contributed by atoms with E-state index in [0.717, 1.165) is 22.5 Å². The molecule has 0 unspecified atom stereocenters. The van der Waals surface area contributed by atoms with Gasteiger partial charge in [-0.2, -0.15) is 5.10 Å². The fourth-order valence-electron chi connectivity index (χ4n) is 2.74. The predicted molar refractivity (Wildman–Crippen MR) is 97.0 cm³/mol. The largest absolute Gasteiger partial charge is 0.392 e. The van der Waals surface area contributed by atoms with Crippen molar-refractivity contribution < 1.29 is 9.50 Å². The number of aliphatic hydroxyl groups is 1. The van der Waals surface area contributed by atoms with Gasteiger partial charge in [0.2, 0.25) is 0 Å². The van der Waals surface area contributed by atoms with Crippen molar-refractivity contribution in [1.82, 2.24) is 14.8 Å². The van der Waals surface area contributed by atoms with Crippen LogP contribution in [0.2, 0.25) is 0 Å². The highest BCUT2D eigenvalue weighted by molar-refractivity contribution is 5.75. The summed E-state index contributed by atoms with van der Waals surface area (Å²) in [4.78, 5) is 4.40. The minimum Gasteiger partial charge on any atom is -0.392 e. The monoisotopic (exact) mass is 337 g/mol. The first-order valence-corrected chi connectivity index (χ1v) is 8.19. The number of pyridine rings is 1. The maximum Gasteiger partial charge on any atom is 0.154 e. The lowest BCUT2D eigenvalue weighted by Gasteiger charge is -2.08. The Morgan fingerprint density at radius 1 is 1.16 bits per heavy atom. The van der Waals surface area contributed by atoms with Crippen LogP contribution in [0.4, 0.5) is 4.39 Å². The summed E-state index contributed by atoms with van der Waals surface area (Å²) < 4.78 is 15.2. The lowest BCUT2D eigenvalue weighted by atomic mass is 10.00. The van der Waals surface area contributed by atoms with E-state index in [1.807, 2.05) is 24.3 Å². The van der Waals surface area contributed by atoms with E-state index in [1.54, 1.807) is 29.1 Å². The molecule has 0 radical (unpaired) electrons. The molecule has 0 aliphatic heterocycles. The topological polar surface area (TPSA) is 50.9 Å². The number of hydrogen-bond donors (Lipinski definition) is 1. The molecule has 0 atom stereocenters. The highest BCUT2D eigenvalue weighted by atomic mass is 19.1. The van der Waals surface area contributed by atoms with Gasteiger partial charge in [-0.15, -0.1) is 0 Å². The predicted octanol–water partition coefficient (Wildman–Crippen LogP) is 4.20. The summed E-state index contributed by atoms with van der Waals surface area (Å²) in [5.74, 6) is 0.582. The van der Waals surface area contributed by atoms with E-state index >= 15 is 0 Å². The molecule has 2 aromatic heterocycles. The van der Waals surface area contributed by atoms with Crippen molar-refractivity contribution in [2.24, 2.45) is 0 Å². The van der Waals surface area contributed by atoms with E-state index in [0.29, 0.717) is 5.82 Å².